The number of nitrogens with one attached hydrogen (secondary N) is 1. The number of aromatic nitrogens is 3. The molecule has 182 valence electrons. The molecule has 3 N–H and O–H groups in total. The molecule has 2 amide bonds. The summed E-state index contributed by atoms with van der Waals surface area (Å²) in [4.78, 5) is 29.1. The average molecular weight is 566 g/mol. The molecule has 0 saturated carbocycles. The van der Waals surface area contributed by atoms with Crippen LogP contribution in [0.3, 0.4) is 0 Å². The molecule has 0 spiro atoms. The maximum absolute atomic E-state index is 13.6. The molecule has 0 bridgehead atoms. The van der Waals surface area contributed by atoms with Gasteiger partial charge in [-0.2, -0.15) is 18.3 Å². The molecule has 35 heavy (non-hydrogen) atoms. The Balaban J connectivity index is 1.91. The number of rotatable bonds is 5. The Morgan fingerprint density at radius 3 is 2.40 bits per heavy atom. The highest BCUT2D eigenvalue weighted by atomic mass is 79.9. The number of aryl methyl sites for hydroxylation is 1. The molecule has 4 rings (SSSR count). The summed E-state index contributed by atoms with van der Waals surface area (Å²) in [5, 5.41) is 7.28. The summed E-state index contributed by atoms with van der Waals surface area (Å²) >= 11 is 4.12. The van der Waals surface area contributed by atoms with Crippen LogP contribution in [0.25, 0.3) is 21.3 Å². The predicted octanol–water partition coefficient (Wildman–Crippen LogP) is 5.86. The van der Waals surface area contributed by atoms with E-state index in [4.69, 9.17) is 5.73 Å². The number of anilines is 1. The van der Waals surface area contributed by atoms with Gasteiger partial charge in [0.2, 0.25) is 5.91 Å². The minimum absolute atomic E-state index is 0.0232. The van der Waals surface area contributed by atoms with Gasteiger partial charge in [0, 0.05) is 5.39 Å². The number of amides is 2. The lowest BCUT2D eigenvalue weighted by Gasteiger charge is -2.16. The van der Waals surface area contributed by atoms with Crippen LogP contribution in [0, 0.1) is 13.8 Å². The van der Waals surface area contributed by atoms with Gasteiger partial charge in [-0.1, -0.05) is 30.3 Å². The van der Waals surface area contributed by atoms with Crippen molar-refractivity contribution in [1.29, 1.82) is 0 Å². The highest BCUT2D eigenvalue weighted by Crippen LogP contribution is 2.43. The SMILES string of the molecule is Cc1nn(C(C)C(=O)Nc2c(C(N)=O)sc3nc(C(F)(F)F)cc(-c4ccccc4)c23)c(C)c1Br. The van der Waals surface area contributed by atoms with Gasteiger partial charge in [-0.05, 0) is 53.9 Å². The molecule has 4 aromatic rings. The van der Waals surface area contributed by atoms with Gasteiger partial charge in [-0.15, -0.1) is 11.3 Å². The van der Waals surface area contributed by atoms with E-state index in [1.807, 2.05) is 0 Å². The average Bonchev–Trinajstić information content (AvgIpc) is 3.30. The Morgan fingerprint density at radius 1 is 1.20 bits per heavy atom. The smallest absolute Gasteiger partial charge is 0.365 e. The van der Waals surface area contributed by atoms with Crippen LogP contribution in [0.5, 0.6) is 0 Å². The third kappa shape index (κ3) is 4.55. The summed E-state index contributed by atoms with van der Waals surface area (Å²) in [6.45, 7) is 5.20. The Bertz CT molecular complexity index is 1460. The van der Waals surface area contributed by atoms with Crippen LogP contribution in [0.4, 0.5) is 18.9 Å². The van der Waals surface area contributed by atoms with Crippen molar-refractivity contribution in [1.82, 2.24) is 14.8 Å². The number of fused-ring (bicyclic) bond motifs is 1. The third-order valence-corrected chi connectivity index (χ3v) is 7.74. The molecule has 7 nitrogen and oxygen atoms in total. The maximum Gasteiger partial charge on any atom is 0.433 e. The first-order valence-corrected chi connectivity index (χ1v) is 11.9. The molecular formula is C23H19BrF3N5O2S. The van der Waals surface area contributed by atoms with Crippen LogP contribution in [0.15, 0.2) is 40.9 Å². The van der Waals surface area contributed by atoms with Crippen LogP contribution in [0.2, 0.25) is 0 Å². The number of nitrogens with zero attached hydrogens (tertiary/aromatic N) is 3. The van der Waals surface area contributed by atoms with Crippen LogP contribution in [0.1, 0.15) is 39.7 Å². The second-order valence-corrected chi connectivity index (χ2v) is 9.66. The zero-order chi connectivity index (χ0) is 25.7. The van der Waals surface area contributed by atoms with E-state index in [1.54, 1.807) is 51.1 Å². The molecule has 0 aliphatic rings. The van der Waals surface area contributed by atoms with Crippen molar-refractivity contribution >= 4 is 55.0 Å². The molecule has 0 radical (unpaired) electrons. The van der Waals surface area contributed by atoms with Gasteiger partial charge < -0.3 is 11.1 Å². The minimum atomic E-state index is -4.71. The number of thiophene rings is 1. The standard InChI is InChI=1S/C23H19BrF3N5O2S/c1-10-17(24)11(2)32(31-10)12(3)21(34)30-18-16-14(13-7-5-4-6-8-13)9-15(23(25,26)27)29-22(16)35-19(18)20(28)33/h4-9,12H,1-3H3,(H2,28,33)(H,30,34). The number of alkyl halides is 3. The van der Waals surface area contributed by atoms with E-state index < -0.39 is 29.7 Å². The van der Waals surface area contributed by atoms with Gasteiger partial charge >= 0.3 is 6.18 Å². The lowest BCUT2D eigenvalue weighted by Crippen LogP contribution is -2.26. The van der Waals surface area contributed by atoms with Crippen LogP contribution in [-0.4, -0.2) is 26.6 Å². The fourth-order valence-electron chi connectivity index (χ4n) is 3.74. The largest absolute Gasteiger partial charge is 0.433 e. The van der Waals surface area contributed by atoms with Crippen LogP contribution in [-0.2, 0) is 11.0 Å². The molecule has 3 aromatic heterocycles. The van der Waals surface area contributed by atoms with Gasteiger partial charge in [0.25, 0.3) is 5.91 Å². The first-order chi connectivity index (χ1) is 16.4. The molecular weight excluding hydrogens is 547 g/mol. The number of nitrogens with two attached hydrogens (primary N) is 1. The molecule has 1 aromatic carbocycles. The van der Waals surface area contributed by atoms with Gasteiger partial charge in [0.15, 0.2) is 0 Å². The maximum atomic E-state index is 13.6. The summed E-state index contributed by atoms with van der Waals surface area (Å²) in [5.74, 6) is -1.42. The number of halogens is 4. The number of benzene rings is 1. The lowest BCUT2D eigenvalue weighted by molar-refractivity contribution is -0.140. The molecule has 1 unspecified atom stereocenters. The second-order valence-electron chi connectivity index (χ2n) is 7.86. The van der Waals surface area contributed by atoms with Gasteiger partial charge in [-0.25, -0.2) is 4.98 Å². The van der Waals surface area contributed by atoms with E-state index in [9.17, 15) is 22.8 Å². The number of hydrogen-bond donors (Lipinski definition) is 2. The summed E-state index contributed by atoms with van der Waals surface area (Å²) in [6, 6.07) is 8.47. The first-order valence-electron chi connectivity index (χ1n) is 10.3. The molecule has 0 aliphatic carbocycles. The lowest BCUT2D eigenvalue weighted by atomic mass is 10.0. The quantitative estimate of drug-likeness (QED) is 0.316. The van der Waals surface area contributed by atoms with Gasteiger partial charge in [0.1, 0.15) is 21.4 Å². The summed E-state index contributed by atoms with van der Waals surface area (Å²) in [5.41, 5.74) is 6.50. The molecule has 0 aliphatic heterocycles. The van der Waals surface area contributed by atoms with Gasteiger partial charge in [-0.3, -0.25) is 14.3 Å². The zero-order valence-corrected chi connectivity index (χ0v) is 21.1. The minimum Gasteiger partial charge on any atom is -0.365 e. The second kappa shape index (κ2) is 9.08. The van der Waals surface area contributed by atoms with Gasteiger partial charge in [0.05, 0.1) is 21.5 Å². The molecule has 12 heteroatoms. The predicted molar refractivity (Wildman–Crippen MR) is 131 cm³/mol. The number of primary amides is 1. The third-order valence-electron chi connectivity index (χ3n) is 5.49. The fourth-order valence-corrected chi connectivity index (χ4v) is 5.01. The number of pyridine rings is 1. The number of carbonyl (C=O) groups excluding carboxylic acids is 2. The number of hydrogen-bond acceptors (Lipinski definition) is 5. The Labute approximate surface area is 210 Å². The summed E-state index contributed by atoms with van der Waals surface area (Å²) in [7, 11) is 0. The first kappa shape index (κ1) is 24.9. The number of carbonyl (C=O) groups is 2. The van der Waals surface area contributed by atoms with Crippen LogP contribution < -0.4 is 11.1 Å². The van der Waals surface area contributed by atoms with E-state index in [1.165, 1.54) is 4.68 Å². The molecule has 0 saturated heterocycles. The van der Waals surface area contributed by atoms with Crippen molar-refractivity contribution in [2.24, 2.45) is 5.73 Å². The van der Waals surface area contributed by atoms with E-state index in [0.29, 0.717) is 22.6 Å². The summed E-state index contributed by atoms with van der Waals surface area (Å²) in [6.07, 6.45) is -4.71. The van der Waals surface area contributed by atoms with Crippen molar-refractivity contribution in [2.75, 3.05) is 5.32 Å². The molecule has 3 heterocycles. The topological polar surface area (TPSA) is 103 Å². The Kier molecular flexibility index (Phi) is 6.45. The van der Waals surface area contributed by atoms with E-state index in [-0.39, 0.29) is 26.3 Å². The van der Waals surface area contributed by atoms with E-state index >= 15 is 0 Å². The molecule has 1 atom stereocenters. The van der Waals surface area contributed by atoms with Crippen molar-refractivity contribution in [3.05, 3.63) is 62.8 Å². The normalized spacial score (nSPS) is 12.7. The van der Waals surface area contributed by atoms with Crippen molar-refractivity contribution in [3.8, 4) is 11.1 Å². The van der Waals surface area contributed by atoms with Crippen molar-refractivity contribution in [2.45, 2.75) is 33.0 Å². The zero-order valence-electron chi connectivity index (χ0n) is 18.7. The van der Waals surface area contributed by atoms with Crippen molar-refractivity contribution in [3.63, 3.8) is 0 Å². The van der Waals surface area contributed by atoms with E-state index in [0.717, 1.165) is 16.2 Å². The molecule has 0 fully saturated rings. The highest BCUT2D eigenvalue weighted by Gasteiger charge is 2.35. The Hall–Kier alpha value is -3.25. The monoisotopic (exact) mass is 565 g/mol. The highest BCUT2D eigenvalue weighted by molar-refractivity contribution is 9.10. The van der Waals surface area contributed by atoms with Crippen LogP contribution >= 0.6 is 27.3 Å². The summed E-state index contributed by atoms with van der Waals surface area (Å²) < 4.78 is 43.1. The Morgan fingerprint density at radius 2 is 1.86 bits per heavy atom. The van der Waals surface area contributed by atoms with E-state index in [2.05, 4.69) is 31.3 Å². The van der Waals surface area contributed by atoms with Crippen molar-refractivity contribution < 1.29 is 22.8 Å². The fraction of sp³-hybridized carbons (Fsp3) is 0.217.